The highest BCUT2D eigenvalue weighted by Crippen LogP contribution is 2.27. The Kier molecular flexibility index (Phi) is 2.72. The van der Waals surface area contributed by atoms with Gasteiger partial charge in [-0.15, -0.1) is 0 Å². The number of aromatic nitrogens is 1. The molecule has 1 aromatic heterocycles. The first-order valence-corrected chi connectivity index (χ1v) is 5.50. The zero-order valence-electron chi connectivity index (χ0n) is 7.99. The molecular formula is C11H7ClN2S. The first kappa shape index (κ1) is 10.2. The van der Waals surface area contributed by atoms with Crippen molar-refractivity contribution < 1.29 is 0 Å². The molecule has 15 heavy (non-hydrogen) atoms. The van der Waals surface area contributed by atoms with E-state index in [1.54, 1.807) is 12.1 Å². The fourth-order valence-electron chi connectivity index (χ4n) is 1.31. The molecule has 74 valence electrons. The zero-order chi connectivity index (χ0) is 10.8. The molecule has 0 aliphatic carbocycles. The summed E-state index contributed by atoms with van der Waals surface area (Å²) in [6, 6.07) is 9.51. The smallest absolute Gasteiger partial charge is 0.103 e. The van der Waals surface area contributed by atoms with Crippen LogP contribution in [0.5, 0.6) is 0 Å². The minimum absolute atomic E-state index is 0.655. The van der Waals surface area contributed by atoms with Crippen molar-refractivity contribution in [1.82, 2.24) is 4.37 Å². The fourth-order valence-corrected chi connectivity index (χ4v) is 2.09. The lowest BCUT2D eigenvalue weighted by Gasteiger charge is -1.97. The highest BCUT2D eigenvalue weighted by molar-refractivity contribution is 7.06. The predicted molar refractivity (Wildman–Crippen MR) is 62.0 cm³/mol. The van der Waals surface area contributed by atoms with Gasteiger partial charge in [0.1, 0.15) is 11.8 Å². The Morgan fingerprint density at radius 3 is 2.60 bits per heavy atom. The Morgan fingerprint density at radius 2 is 2.00 bits per heavy atom. The van der Waals surface area contributed by atoms with Crippen LogP contribution in [-0.2, 0) is 0 Å². The van der Waals surface area contributed by atoms with Gasteiger partial charge >= 0.3 is 0 Å². The number of aryl methyl sites for hydroxylation is 1. The van der Waals surface area contributed by atoms with E-state index in [0.29, 0.717) is 10.6 Å². The van der Waals surface area contributed by atoms with E-state index >= 15 is 0 Å². The van der Waals surface area contributed by atoms with E-state index in [4.69, 9.17) is 16.9 Å². The van der Waals surface area contributed by atoms with Crippen molar-refractivity contribution in [3.05, 3.63) is 39.7 Å². The van der Waals surface area contributed by atoms with E-state index < -0.39 is 0 Å². The molecule has 2 nitrogen and oxygen atoms in total. The second-order valence-electron chi connectivity index (χ2n) is 3.08. The maximum absolute atomic E-state index is 8.99. The van der Waals surface area contributed by atoms with Crippen molar-refractivity contribution in [3.63, 3.8) is 0 Å². The molecule has 0 unspecified atom stereocenters. The van der Waals surface area contributed by atoms with Crippen LogP contribution in [-0.4, -0.2) is 4.37 Å². The van der Waals surface area contributed by atoms with Gasteiger partial charge in [0.05, 0.1) is 5.56 Å². The topological polar surface area (TPSA) is 36.7 Å². The largest absolute Gasteiger partial charge is 0.192 e. The van der Waals surface area contributed by atoms with Crippen LogP contribution < -0.4 is 0 Å². The molecule has 0 bridgehead atoms. The van der Waals surface area contributed by atoms with Gasteiger partial charge in [0.15, 0.2) is 0 Å². The first-order valence-electron chi connectivity index (χ1n) is 4.34. The molecule has 0 radical (unpaired) electrons. The lowest BCUT2D eigenvalue weighted by atomic mass is 10.1. The molecule has 0 aliphatic heterocycles. The summed E-state index contributed by atoms with van der Waals surface area (Å²) in [5.74, 6) is 0. The van der Waals surface area contributed by atoms with E-state index in [0.717, 1.165) is 16.1 Å². The molecule has 0 N–H and O–H groups in total. The van der Waals surface area contributed by atoms with Crippen LogP contribution in [0.25, 0.3) is 11.3 Å². The summed E-state index contributed by atoms with van der Waals surface area (Å²) < 4.78 is 4.26. The lowest BCUT2D eigenvalue weighted by molar-refractivity contribution is 1.43. The average Bonchev–Trinajstić information content (AvgIpc) is 2.61. The summed E-state index contributed by atoms with van der Waals surface area (Å²) >= 11 is 7.14. The summed E-state index contributed by atoms with van der Waals surface area (Å²) in [7, 11) is 0. The summed E-state index contributed by atoms with van der Waals surface area (Å²) in [4.78, 5) is 0.947. The zero-order valence-corrected chi connectivity index (χ0v) is 9.56. The number of hydrogen-bond acceptors (Lipinski definition) is 3. The van der Waals surface area contributed by atoms with Gasteiger partial charge in [-0.25, -0.2) is 0 Å². The van der Waals surface area contributed by atoms with Gasteiger partial charge in [-0.3, -0.25) is 0 Å². The van der Waals surface area contributed by atoms with Crippen LogP contribution in [0.3, 0.4) is 0 Å². The molecule has 0 atom stereocenters. The predicted octanol–water partition coefficient (Wildman–Crippen LogP) is 3.64. The van der Waals surface area contributed by atoms with E-state index in [-0.39, 0.29) is 0 Å². The van der Waals surface area contributed by atoms with Crippen molar-refractivity contribution in [2.75, 3.05) is 0 Å². The standard InChI is InChI=1S/C11H7ClN2S/c1-7-10(6-13)11(14-15-7)8-2-4-9(12)5-3-8/h2-5H,1H3. The summed E-state index contributed by atoms with van der Waals surface area (Å²) in [5.41, 5.74) is 2.33. The van der Waals surface area contributed by atoms with Crippen molar-refractivity contribution in [3.8, 4) is 17.3 Å². The van der Waals surface area contributed by atoms with E-state index in [1.165, 1.54) is 11.5 Å². The van der Waals surface area contributed by atoms with Gasteiger partial charge in [-0.05, 0) is 30.6 Å². The van der Waals surface area contributed by atoms with Crippen LogP contribution in [0.1, 0.15) is 10.4 Å². The molecule has 0 saturated carbocycles. The summed E-state index contributed by atoms with van der Waals surface area (Å²) in [5, 5.41) is 9.68. The number of benzene rings is 1. The molecular weight excluding hydrogens is 228 g/mol. The van der Waals surface area contributed by atoms with Crippen LogP contribution in [0.2, 0.25) is 5.02 Å². The highest BCUT2D eigenvalue weighted by Gasteiger charge is 2.11. The third-order valence-electron chi connectivity index (χ3n) is 2.09. The molecule has 2 aromatic rings. The monoisotopic (exact) mass is 234 g/mol. The van der Waals surface area contributed by atoms with Crippen molar-refractivity contribution in [1.29, 1.82) is 5.26 Å². The number of hydrogen-bond donors (Lipinski definition) is 0. The Balaban J connectivity index is 2.55. The SMILES string of the molecule is Cc1snc(-c2ccc(Cl)cc2)c1C#N. The molecule has 2 rings (SSSR count). The van der Waals surface area contributed by atoms with Gasteiger partial charge < -0.3 is 0 Å². The lowest BCUT2D eigenvalue weighted by Crippen LogP contribution is -1.82. The summed E-state index contributed by atoms with van der Waals surface area (Å²) in [6.07, 6.45) is 0. The Labute approximate surface area is 96.9 Å². The third-order valence-corrected chi connectivity index (χ3v) is 3.10. The van der Waals surface area contributed by atoms with Crippen LogP contribution >= 0.6 is 23.1 Å². The Morgan fingerprint density at radius 1 is 1.33 bits per heavy atom. The average molecular weight is 235 g/mol. The highest BCUT2D eigenvalue weighted by atomic mass is 35.5. The van der Waals surface area contributed by atoms with Crippen LogP contribution in [0, 0.1) is 18.3 Å². The van der Waals surface area contributed by atoms with Gasteiger partial charge in [0.25, 0.3) is 0 Å². The third kappa shape index (κ3) is 1.87. The maximum Gasteiger partial charge on any atom is 0.103 e. The van der Waals surface area contributed by atoms with Crippen LogP contribution in [0.4, 0.5) is 0 Å². The van der Waals surface area contributed by atoms with Crippen molar-refractivity contribution in [2.24, 2.45) is 0 Å². The second-order valence-corrected chi connectivity index (χ2v) is 4.50. The van der Waals surface area contributed by atoms with Crippen LogP contribution in [0.15, 0.2) is 24.3 Å². The Bertz CT molecular complexity index is 523. The van der Waals surface area contributed by atoms with E-state index in [1.807, 2.05) is 19.1 Å². The molecule has 1 heterocycles. The normalized spacial score (nSPS) is 9.93. The van der Waals surface area contributed by atoms with E-state index in [2.05, 4.69) is 10.4 Å². The van der Waals surface area contributed by atoms with Crippen molar-refractivity contribution in [2.45, 2.75) is 6.92 Å². The van der Waals surface area contributed by atoms with Crippen molar-refractivity contribution >= 4 is 23.1 Å². The van der Waals surface area contributed by atoms with E-state index in [9.17, 15) is 0 Å². The minimum atomic E-state index is 0.655. The number of nitriles is 1. The summed E-state index contributed by atoms with van der Waals surface area (Å²) in [6.45, 7) is 1.90. The number of nitrogens with zero attached hydrogens (tertiary/aromatic N) is 2. The Hall–Kier alpha value is -1.37. The molecule has 0 saturated heterocycles. The number of halogens is 1. The van der Waals surface area contributed by atoms with Gasteiger partial charge in [-0.2, -0.15) is 9.64 Å². The molecule has 0 spiro atoms. The molecule has 4 heteroatoms. The van der Waals surface area contributed by atoms with Gasteiger partial charge in [-0.1, -0.05) is 23.7 Å². The van der Waals surface area contributed by atoms with Gasteiger partial charge in [0, 0.05) is 15.5 Å². The molecule has 0 amide bonds. The van der Waals surface area contributed by atoms with Gasteiger partial charge in [0.2, 0.25) is 0 Å². The minimum Gasteiger partial charge on any atom is -0.192 e. The second kappa shape index (κ2) is 4.01. The maximum atomic E-state index is 8.99. The molecule has 0 fully saturated rings. The molecule has 1 aromatic carbocycles. The quantitative estimate of drug-likeness (QED) is 0.755. The first-order chi connectivity index (χ1) is 7.22. The fraction of sp³-hybridized carbons (Fsp3) is 0.0909. The number of rotatable bonds is 1. The molecule has 0 aliphatic rings.